The number of aromatic amines is 1. The Hall–Kier alpha value is -1.11. The van der Waals surface area contributed by atoms with Crippen LogP contribution in [0, 0.1) is 0 Å². The lowest BCUT2D eigenvalue weighted by atomic mass is 10.0. The molecule has 0 radical (unpaired) electrons. The van der Waals surface area contributed by atoms with Gasteiger partial charge in [-0.15, -0.1) is 24.8 Å². The zero-order valence-corrected chi connectivity index (χ0v) is 16.1. The number of imidazole rings is 1. The van der Waals surface area contributed by atoms with E-state index in [2.05, 4.69) is 46.4 Å². The molecule has 1 atom stereocenters. The molecule has 138 valence electrons. The second-order valence-electron chi connectivity index (χ2n) is 6.38. The van der Waals surface area contributed by atoms with Gasteiger partial charge in [-0.1, -0.05) is 24.3 Å². The molecule has 2 aromatic rings. The van der Waals surface area contributed by atoms with Gasteiger partial charge in [0.2, 0.25) is 0 Å². The van der Waals surface area contributed by atoms with Gasteiger partial charge < -0.3 is 15.0 Å². The van der Waals surface area contributed by atoms with E-state index in [9.17, 15) is 0 Å². The van der Waals surface area contributed by atoms with E-state index < -0.39 is 0 Å². The van der Waals surface area contributed by atoms with Crippen molar-refractivity contribution in [3.8, 4) is 11.4 Å². The first kappa shape index (κ1) is 20.2. The number of benzene rings is 1. The number of nitrogens with zero attached hydrogens (tertiary/aromatic N) is 2. The predicted molar refractivity (Wildman–Crippen MR) is 105 cm³/mol. The van der Waals surface area contributed by atoms with Crippen LogP contribution >= 0.6 is 24.8 Å². The molecular formula is C18H26Cl2N4O. The minimum absolute atomic E-state index is 0. The monoisotopic (exact) mass is 384 g/mol. The Bertz CT molecular complexity index is 645. The highest BCUT2D eigenvalue weighted by atomic mass is 35.5. The number of fused-ring (bicyclic) bond motifs is 1. The molecule has 1 saturated heterocycles. The number of H-pyrrole nitrogens is 1. The first-order chi connectivity index (χ1) is 11.3. The third kappa shape index (κ3) is 4.36. The number of hydrogen-bond donors (Lipinski definition) is 2. The predicted octanol–water partition coefficient (Wildman–Crippen LogP) is 2.96. The molecule has 25 heavy (non-hydrogen) atoms. The Kier molecular flexibility index (Phi) is 7.28. The van der Waals surface area contributed by atoms with Crippen molar-refractivity contribution in [1.82, 2.24) is 20.2 Å². The van der Waals surface area contributed by atoms with Crippen molar-refractivity contribution in [2.24, 2.45) is 0 Å². The highest BCUT2D eigenvalue weighted by Gasteiger charge is 2.19. The third-order valence-electron chi connectivity index (χ3n) is 4.96. The van der Waals surface area contributed by atoms with Gasteiger partial charge in [-0.05, 0) is 12.5 Å². The van der Waals surface area contributed by atoms with Crippen molar-refractivity contribution >= 4 is 24.8 Å². The van der Waals surface area contributed by atoms with Crippen molar-refractivity contribution in [1.29, 1.82) is 0 Å². The normalized spacial score (nSPS) is 18.6. The first-order valence-electron chi connectivity index (χ1n) is 8.52. The molecule has 1 aromatic heterocycles. The largest absolute Gasteiger partial charge is 0.379 e. The third-order valence-corrected chi connectivity index (χ3v) is 4.96. The Labute approximate surface area is 161 Å². The highest BCUT2D eigenvalue weighted by molar-refractivity contribution is 5.85. The molecule has 0 aliphatic carbocycles. The Balaban J connectivity index is 0.00000113. The molecule has 1 fully saturated rings. The van der Waals surface area contributed by atoms with Gasteiger partial charge in [0, 0.05) is 44.2 Å². The summed E-state index contributed by atoms with van der Waals surface area (Å²) < 4.78 is 5.44. The maximum Gasteiger partial charge on any atom is 0.137 e. The fourth-order valence-corrected chi connectivity index (χ4v) is 3.45. The van der Waals surface area contributed by atoms with Crippen LogP contribution in [0.25, 0.3) is 11.4 Å². The fraction of sp³-hybridized carbons (Fsp3) is 0.500. The molecule has 0 spiro atoms. The van der Waals surface area contributed by atoms with E-state index in [1.165, 1.54) is 17.0 Å². The highest BCUT2D eigenvalue weighted by Crippen LogP contribution is 2.25. The summed E-state index contributed by atoms with van der Waals surface area (Å²) in [6.07, 6.45) is 1.01. The summed E-state index contributed by atoms with van der Waals surface area (Å²) >= 11 is 0. The zero-order valence-electron chi connectivity index (χ0n) is 14.5. The Morgan fingerprint density at radius 3 is 2.52 bits per heavy atom. The molecule has 3 heterocycles. The number of hydrogen-bond acceptors (Lipinski definition) is 4. The molecule has 2 aliphatic rings. The second kappa shape index (κ2) is 9.01. The van der Waals surface area contributed by atoms with Crippen molar-refractivity contribution in [2.75, 3.05) is 32.8 Å². The van der Waals surface area contributed by atoms with Gasteiger partial charge in [0.05, 0.1) is 24.6 Å². The minimum Gasteiger partial charge on any atom is -0.379 e. The molecular weight excluding hydrogens is 359 g/mol. The molecule has 0 amide bonds. The average molecular weight is 385 g/mol. The molecule has 5 nitrogen and oxygen atoms in total. The minimum atomic E-state index is 0. The van der Waals surface area contributed by atoms with Crippen molar-refractivity contribution < 1.29 is 4.74 Å². The van der Waals surface area contributed by atoms with Gasteiger partial charge in [0.25, 0.3) is 0 Å². The molecule has 0 bridgehead atoms. The van der Waals surface area contributed by atoms with Gasteiger partial charge in [-0.3, -0.25) is 4.90 Å². The maximum absolute atomic E-state index is 5.44. The first-order valence-corrected chi connectivity index (χ1v) is 8.52. The van der Waals surface area contributed by atoms with Crippen LogP contribution < -0.4 is 5.32 Å². The second-order valence-corrected chi connectivity index (χ2v) is 6.38. The van der Waals surface area contributed by atoms with E-state index in [1.807, 2.05) is 0 Å². The lowest BCUT2D eigenvalue weighted by Gasteiger charge is -2.32. The van der Waals surface area contributed by atoms with Crippen molar-refractivity contribution in [2.45, 2.75) is 25.9 Å². The zero-order chi connectivity index (χ0) is 15.6. The molecule has 2 aliphatic heterocycles. The SMILES string of the molecule is CC(c1ccc(-c2nc3c([nH]2)CNCC3)cc1)N1CCOCC1.Cl.Cl. The van der Waals surface area contributed by atoms with E-state index >= 15 is 0 Å². The topological polar surface area (TPSA) is 53.2 Å². The van der Waals surface area contributed by atoms with Gasteiger partial charge >= 0.3 is 0 Å². The number of rotatable bonds is 3. The molecule has 0 saturated carbocycles. The van der Waals surface area contributed by atoms with Crippen LogP contribution in [0.1, 0.15) is 29.9 Å². The summed E-state index contributed by atoms with van der Waals surface area (Å²) in [5.74, 6) is 0.990. The molecule has 4 rings (SSSR count). The Morgan fingerprint density at radius 2 is 1.84 bits per heavy atom. The van der Waals surface area contributed by atoms with E-state index in [-0.39, 0.29) is 24.8 Å². The van der Waals surface area contributed by atoms with Crippen molar-refractivity contribution in [3.05, 3.63) is 41.2 Å². The lowest BCUT2D eigenvalue weighted by molar-refractivity contribution is 0.0198. The van der Waals surface area contributed by atoms with Gasteiger partial charge in [0.1, 0.15) is 5.82 Å². The van der Waals surface area contributed by atoms with Crippen molar-refractivity contribution in [3.63, 3.8) is 0 Å². The van der Waals surface area contributed by atoms with Gasteiger partial charge in [0.15, 0.2) is 0 Å². The number of morpholine rings is 1. The van der Waals surface area contributed by atoms with Crippen LogP contribution in [-0.4, -0.2) is 47.7 Å². The Morgan fingerprint density at radius 1 is 1.12 bits per heavy atom. The van der Waals surface area contributed by atoms with Crippen LogP contribution in [0.3, 0.4) is 0 Å². The molecule has 1 unspecified atom stereocenters. The summed E-state index contributed by atoms with van der Waals surface area (Å²) in [6.45, 7) is 7.91. The van der Waals surface area contributed by atoms with E-state index in [4.69, 9.17) is 9.72 Å². The summed E-state index contributed by atoms with van der Waals surface area (Å²) in [7, 11) is 0. The number of nitrogens with one attached hydrogen (secondary N) is 2. The summed E-state index contributed by atoms with van der Waals surface area (Å²) in [5, 5.41) is 3.38. The van der Waals surface area contributed by atoms with Crippen LogP contribution in [0.15, 0.2) is 24.3 Å². The van der Waals surface area contributed by atoms with E-state index in [1.54, 1.807) is 0 Å². The summed E-state index contributed by atoms with van der Waals surface area (Å²) in [4.78, 5) is 10.7. The van der Waals surface area contributed by atoms with E-state index in [0.717, 1.165) is 57.2 Å². The van der Waals surface area contributed by atoms with Crippen LogP contribution in [0.5, 0.6) is 0 Å². The molecule has 2 N–H and O–H groups in total. The van der Waals surface area contributed by atoms with Crippen LogP contribution in [-0.2, 0) is 17.7 Å². The van der Waals surface area contributed by atoms with E-state index in [0.29, 0.717) is 6.04 Å². The molecule has 1 aromatic carbocycles. The van der Waals surface area contributed by atoms with Crippen LogP contribution in [0.2, 0.25) is 0 Å². The quantitative estimate of drug-likeness (QED) is 0.853. The van der Waals surface area contributed by atoms with Crippen LogP contribution in [0.4, 0.5) is 0 Å². The number of aromatic nitrogens is 2. The fourth-order valence-electron chi connectivity index (χ4n) is 3.45. The summed E-state index contributed by atoms with van der Waals surface area (Å²) in [5.41, 5.74) is 4.97. The number of ether oxygens (including phenoxy) is 1. The summed E-state index contributed by atoms with van der Waals surface area (Å²) in [6, 6.07) is 9.26. The molecule has 7 heteroatoms. The lowest BCUT2D eigenvalue weighted by Crippen LogP contribution is -2.37. The van der Waals surface area contributed by atoms with Gasteiger partial charge in [-0.25, -0.2) is 4.98 Å². The smallest absolute Gasteiger partial charge is 0.137 e. The maximum atomic E-state index is 5.44. The average Bonchev–Trinajstić information content (AvgIpc) is 3.06. The van der Waals surface area contributed by atoms with Gasteiger partial charge in [-0.2, -0.15) is 0 Å². The standard InChI is InChI=1S/C18H24N4O.2ClH/c1-13(22-8-10-23-11-9-22)14-2-4-15(5-3-14)18-20-16-6-7-19-12-17(16)21-18;;/h2-5,13,19H,6-12H2,1H3,(H,20,21);2*1H. The number of halogens is 2.